The average Bonchev–Trinajstić information content (AvgIpc) is 2.30. The molecule has 0 aliphatic carbocycles. The van der Waals surface area contributed by atoms with E-state index in [4.69, 9.17) is 5.73 Å². The number of aryl methyl sites for hydroxylation is 1. The molecule has 0 aliphatic rings. The minimum Gasteiger partial charge on any atom is -0.398 e. The highest BCUT2D eigenvalue weighted by Gasteiger charge is 2.25. The summed E-state index contributed by atoms with van der Waals surface area (Å²) in [6.07, 6.45) is 0.843. The van der Waals surface area contributed by atoms with Gasteiger partial charge in [-0.2, -0.15) is 0 Å². The van der Waals surface area contributed by atoms with E-state index >= 15 is 0 Å². The van der Waals surface area contributed by atoms with E-state index in [1.807, 2.05) is 0 Å². The highest BCUT2D eigenvalue weighted by Crippen LogP contribution is 2.27. The van der Waals surface area contributed by atoms with E-state index in [0.717, 1.165) is 12.0 Å². The maximum atomic E-state index is 12.6. The summed E-state index contributed by atoms with van der Waals surface area (Å²) >= 11 is 0. The Labute approximate surface area is 116 Å². The highest BCUT2D eigenvalue weighted by molar-refractivity contribution is 7.89. The lowest BCUT2D eigenvalue weighted by molar-refractivity contribution is 0.427. The highest BCUT2D eigenvalue weighted by atomic mass is 32.2. The van der Waals surface area contributed by atoms with Gasteiger partial charge >= 0.3 is 0 Å². The van der Waals surface area contributed by atoms with Gasteiger partial charge in [0.25, 0.3) is 0 Å². The van der Waals surface area contributed by atoms with Crippen molar-refractivity contribution in [1.29, 1.82) is 0 Å². The van der Waals surface area contributed by atoms with Crippen molar-refractivity contribution < 1.29 is 8.42 Å². The van der Waals surface area contributed by atoms with Crippen LogP contribution in [0.2, 0.25) is 0 Å². The maximum Gasteiger partial charge on any atom is 0.243 e. The molecule has 0 saturated carbocycles. The Morgan fingerprint density at radius 2 is 1.84 bits per heavy atom. The first-order chi connectivity index (χ1) is 8.67. The molecule has 108 valence electrons. The van der Waals surface area contributed by atoms with E-state index < -0.39 is 10.0 Å². The zero-order valence-corrected chi connectivity index (χ0v) is 13.2. The van der Waals surface area contributed by atoms with Gasteiger partial charge in [0, 0.05) is 19.3 Å². The molecule has 0 atom stereocenters. The minimum absolute atomic E-state index is 0.346. The molecule has 0 amide bonds. The summed E-state index contributed by atoms with van der Waals surface area (Å²) < 4.78 is 26.6. The van der Waals surface area contributed by atoms with Crippen molar-refractivity contribution in [3.8, 4) is 0 Å². The fourth-order valence-electron chi connectivity index (χ4n) is 1.96. The van der Waals surface area contributed by atoms with E-state index in [9.17, 15) is 8.42 Å². The van der Waals surface area contributed by atoms with Crippen LogP contribution in [0.15, 0.2) is 17.0 Å². The molecule has 0 spiro atoms. The van der Waals surface area contributed by atoms with Crippen molar-refractivity contribution in [3.63, 3.8) is 0 Å². The van der Waals surface area contributed by atoms with Crippen molar-refractivity contribution in [1.82, 2.24) is 4.31 Å². The number of benzene rings is 1. The molecule has 0 aliphatic heterocycles. The topological polar surface area (TPSA) is 63.4 Å². The van der Waals surface area contributed by atoms with E-state index in [1.54, 1.807) is 33.0 Å². The summed E-state index contributed by atoms with van der Waals surface area (Å²) in [4.78, 5) is 0.346. The van der Waals surface area contributed by atoms with Crippen molar-refractivity contribution >= 4 is 15.7 Å². The van der Waals surface area contributed by atoms with E-state index in [-0.39, 0.29) is 0 Å². The van der Waals surface area contributed by atoms with Gasteiger partial charge in [-0.15, -0.1) is 0 Å². The van der Waals surface area contributed by atoms with Crippen LogP contribution in [0.3, 0.4) is 0 Å². The Morgan fingerprint density at radius 1 is 1.26 bits per heavy atom. The molecule has 5 heteroatoms. The number of nitrogen functional groups attached to an aromatic ring is 1. The van der Waals surface area contributed by atoms with Gasteiger partial charge in [-0.25, -0.2) is 12.7 Å². The van der Waals surface area contributed by atoms with Gasteiger partial charge in [0.1, 0.15) is 0 Å². The fraction of sp³-hybridized carbons (Fsp3) is 0.571. The number of hydrogen-bond donors (Lipinski definition) is 1. The molecular formula is C14H24N2O2S. The van der Waals surface area contributed by atoms with Crippen LogP contribution in [0.4, 0.5) is 5.69 Å². The van der Waals surface area contributed by atoms with Crippen molar-refractivity contribution in [3.05, 3.63) is 23.3 Å². The Balaban J connectivity index is 3.17. The molecule has 1 aromatic rings. The van der Waals surface area contributed by atoms with Crippen LogP contribution in [-0.2, 0) is 10.0 Å². The van der Waals surface area contributed by atoms with Gasteiger partial charge in [-0.1, -0.05) is 19.9 Å². The molecule has 4 nitrogen and oxygen atoms in total. The van der Waals surface area contributed by atoms with Crippen molar-refractivity contribution in [2.24, 2.45) is 5.92 Å². The predicted molar refractivity (Wildman–Crippen MR) is 79.6 cm³/mol. The Hall–Kier alpha value is -1.07. The molecule has 0 fully saturated rings. The standard InChI is InChI=1S/C14H24N2O2S/c1-10(2)8-9-16(5)19(17,18)14-11(3)6-7-13(15)12(14)4/h6-7,10H,8-9,15H2,1-5H3. The molecule has 1 aromatic carbocycles. The number of nitrogens with two attached hydrogens (primary N) is 1. The van der Waals surface area contributed by atoms with Crippen LogP contribution in [0.1, 0.15) is 31.4 Å². The van der Waals surface area contributed by atoms with Gasteiger partial charge < -0.3 is 5.73 Å². The van der Waals surface area contributed by atoms with Crippen LogP contribution in [0.5, 0.6) is 0 Å². The first kappa shape index (κ1) is 16.0. The van der Waals surface area contributed by atoms with Gasteiger partial charge in [0.2, 0.25) is 10.0 Å². The zero-order chi connectivity index (χ0) is 14.8. The fourth-order valence-corrected chi connectivity index (χ4v) is 3.59. The Kier molecular flexibility index (Phi) is 4.98. The molecule has 0 unspecified atom stereocenters. The van der Waals surface area contributed by atoms with E-state index in [2.05, 4.69) is 13.8 Å². The second-order valence-corrected chi connectivity index (χ2v) is 7.42. The van der Waals surface area contributed by atoms with Crippen molar-refractivity contribution in [2.45, 2.75) is 39.0 Å². The van der Waals surface area contributed by atoms with Crippen LogP contribution < -0.4 is 5.73 Å². The van der Waals surface area contributed by atoms with Gasteiger partial charge in [0.05, 0.1) is 4.90 Å². The summed E-state index contributed by atoms with van der Waals surface area (Å²) in [5, 5.41) is 0. The number of hydrogen-bond acceptors (Lipinski definition) is 3. The molecule has 1 rings (SSSR count). The SMILES string of the molecule is Cc1ccc(N)c(C)c1S(=O)(=O)N(C)CCC(C)C. The summed E-state index contributed by atoms with van der Waals surface area (Å²) in [6, 6.07) is 3.50. The number of sulfonamides is 1. The molecule has 2 N–H and O–H groups in total. The monoisotopic (exact) mass is 284 g/mol. The van der Waals surface area contributed by atoms with Crippen molar-refractivity contribution in [2.75, 3.05) is 19.3 Å². The Morgan fingerprint density at radius 3 is 2.37 bits per heavy atom. The lowest BCUT2D eigenvalue weighted by Gasteiger charge is -2.21. The zero-order valence-electron chi connectivity index (χ0n) is 12.4. The minimum atomic E-state index is -3.47. The van der Waals surface area contributed by atoms with Crippen LogP contribution in [0, 0.1) is 19.8 Å². The number of anilines is 1. The summed E-state index contributed by atoms with van der Waals surface area (Å²) in [7, 11) is -1.84. The lowest BCUT2D eigenvalue weighted by atomic mass is 10.1. The second-order valence-electron chi connectivity index (χ2n) is 5.43. The molecular weight excluding hydrogens is 260 g/mol. The first-order valence-corrected chi connectivity index (χ1v) is 7.94. The lowest BCUT2D eigenvalue weighted by Crippen LogP contribution is -2.30. The number of nitrogens with zero attached hydrogens (tertiary/aromatic N) is 1. The normalized spacial score (nSPS) is 12.4. The third-order valence-corrected chi connectivity index (χ3v) is 5.48. The van der Waals surface area contributed by atoms with Gasteiger partial charge in [-0.3, -0.25) is 0 Å². The molecule has 19 heavy (non-hydrogen) atoms. The molecule has 0 radical (unpaired) electrons. The van der Waals surface area contributed by atoms with E-state index in [0.29, 0.717) is 28.6 Å². The third-order valence-electron chi connectivity index (χ3n) is 3.33. The number of rotatable bonds is 5. The maximum absolute atomic E-state index is 12.6. The van der Waals surface area contributed by atoms with Gasteiger partial charge in [0.15, 0.2) is 0 Å². The molecule has 0 heterocycles. The summed E-state index contributed by atoms with van der Waals surface area (Å²) in [5.41, 5.74) is 7.72. The summed E-state index contributed by atoms with van der Waals surface area (Å²) in [5.74, 6) is 0.473. The average molecular weight is 284 g/mol. The third kappa shape index (κ3) is 3.48. The Bertz CT molecular complexity index is 551. The van der Waals surface area contributed by atoms with Crippen LogP contribution in [-0.4, -0.2) is 26.3 Å². The van der Waals surface area contributed by atoms with Crippen LogP contribution >= 0.6 is 0 Å². The van der Waals surface area contributed by atoms with E-state index in [1.165, 1.54) is 4.31 Å². The summed E-state index contributed by atoms with van der Waals surface area (Å²) in [6.45, 7) is 8.24. The first-order valence-electron chi connectivity index (χ1n) is 6.50. The quantitative estimate of drug-likeness (QED) is 0.845. The predicted octanol–water partition coefficient (Wildman–Crippen LogP) is 2.55. The van der Waals surface area contributed by atoms with Gasteiger partial charge in [-0.05, 0) is 43.4 Å². The molecule has 0 aromatic heterocycles. The molecule has 0 bridgehead atoms. The van der Waals surface area contributed by atoms with Crippen LogP contribution in [0.25, 0.3) is 0 Å². The second kappa shape index (κ2) is 5.92. The smallest absolute Gasteiger partial charge is 0.243 e. The largest absolute Gasteiger partial charge is 0.398 e. The molecule has 0 saturated heterocycles.